The smallest absolute Gasteiger partial charge is 0.191 e. The monoisotopic (exact) mass is 398 g/mol. The molecule has 1 unspecified atom stereocenters. The van der Waals surface area contributed by atoms with Gasteiger partial charge in [-0.25, -0.2) is 0 Å². The number of nitrogens with zero attached hydrogens (tertiary/aromatic N) is 2. The quantitative estimate of drug-likeness (QED) is 0.476. The van der Waals surface area contributed by atoms with Gasteiger partial charge in [-0.05, 0) is 62.8 Å². The van der Waals surface area contributed by atoms with Gasteiger partial charge in [0, 0.05) is 13.1 Å². The maximum atomic E-state index is 5.27. The van der Waals surface area contributed by atoms with Gasteiger partial charge in [0.2, 0.25) is 0 Å². The van der Waals surface area contributed by atoms with Gasteiger partial charge in [-0.3, -0.25) is 4.99 Å². The number of nitrogens with one attached hydrogen (secondary N) is 2. The van der Waals surface area contributed by atoms with E-state index in [0.717, 1.165) is 37.0 Å². The molecule has 2 N–H and O–H groups in total. The van der Waals surface area contributed by atoms with E-state index >= 15 is 0 Å². The Kier molecular flexibility index (Phi) is 9.31. The molecule has 0 fully saturated rings. The number of rotatable bonds is 10. The number of guanidine groups is 1. The Labute approximate surface area is 174 Å². The first kappa shape index (κ1) is 22.6. The van der Waals surface area contributed by atoms with Crippen molar-refractivity contribution in [1.82, 2.24) is 15.5 Å². The summed E-state index contributed by atoms with van der Waals surface area (Å²) < 4.78 is 10.5. The third kappa shape index (κ3) is 7.31. The minimum Gasteiger partial charge on any atom is -0.497 e. The van der Waals surface area contributed by atoms with Crippen LogP contribution >= 0.6 is 0 Å². The summed E-state index contributed by atoms with van der Waals surface area (Å²) in [7, 11) is 7.52. The van der Waals surface area contributed by atoms with E-state index in [2.05, 4.69) is 60.8 Å². The van der Waals surface area contributed by atoms with E-state index in [-0.39, 0.29) is 6.04 Å². The average Bonchev–Trinajstić information content (AvgIpc) is 2.74. The van der Waals surface area contributed by atoms with E-state index in [0.29, 0.717) is 6.54 Å². The summed E-state index contributed by atoms with van der Waals surface area (Å²) in [6, 6.07) is 16.6. The van der Waals surface area contributed by atoms with Gasteiger partial charge in [-0.15, -0.1) is 0 Å². The van der Waals surface area contributed by atoms with E-state index in [1.54, 1.807) is 14.2 Å². The molecule has 2 rings (SSSR count). The number of benzene rings is 2. The molecule has 0 saturated carbocycles. The van der Waals surface area contributed by atoms with E-state index in [1.165, 1.54) is 11.1 Å². The summed E-state index contributed by atoms with van der Waals surface area (Å²) in [6.45, 7) is 4.38. The highest BCUT2D eigenvalue weighted by atomic mass is 16.5. The lowest BCUT2D eigenvalue weighted by Gasteiger charge is -2.24. The molecule has 1 atom stereocenters. The first-order valence-corrected chi connectivity index (χ1v) is 10.0. The SMILES string of the molecule is CCNC(=NCC(c1ccc(OC)cc1)N(C)C)NCCc1ccc(OC)cc1. The minimum atomic E-state index is 0.193. The second-order valence-corrected chi connectivity index (χ2v) is 7.00. The van der Waals surface area contributed by atoms with Crippen molar-refractivity contribution in [3.63, 3.8) is 0 Å². The van der Waals surface area contributed by atoms with Crippen LogP contribution in [0.5, 0.6) is 11.5 Å². The number of methoxy groups -OCH3 is 2. The predicted molar refractivity (Wildman–Crippen MR) is 120 cm³/mol. The summed E-state index contributed by atoms with van der Waals surface area (Å²) in [5.74, 6) is 2.58. The molecule has 0 aliphatic rings. The first-order valence-electron chi connectivity index (χ1n) is 10.0. The van der Waals surface area contributed by atoms with Crippen molar-refractivity contribution in [1.29, 1.82) is 0 Å². The average molecular weight is 399 g/mol. The Morgan fingerprint density at radius 2 is 1.52 bits per heavy atom. The number of hydrogen-bond acceptors (Lipinski definition) is 4. The number of aliphatic imine (C=N–C) groups is 1. The van der Waals surface area contributed by atoms with Crippen LogP contribution in [0.3, 0.4) is 0 Å². The summed E-state index contributed by atoms with van der Waals surface area (Å²) in [6.07, 6.45) is 0.921. The first-order chi connectivity index (χ1) is 14.1. The van der Waals surface area contributed by atoms with Crippen LogP contribution in [-0.4, -0.2) is 58.8 Å². The van der Waals surface area contributed by atoms with Gasteiger partial charge in [0.15, 0.2) is 5.96 Å². The normalized spacial score (nSPS) is 12.6. The van der Waals surface area contributed by atoms with Crippen LogP contribution in [0.2, 0.25) is 0 Å². The van der Waals surface area contributed by atoms with Crippen molar-refractivity contribution in [3.05, 3.63) is 59.7 Å². The van der Waals surface area contributed by atoms with Crippen molar-refractivity contribution in [2.75, 3.05) is 47.9 Å². The van der Waals surface area contributed by atoms with Gasteiger partial charge in [-0.2, -0.15) is 0 Å². The third-order valence-corrected chi connectivity index (χ3v) is 4.76. The van der Waals surface area contributed by atoms with Crippen LogP contribution in [-0.2, 0) is 6.42 Å². The van der Waals surface area contributed by atoms with E-state index in [4.69, 9.17) is 14.5 Å². The molecule has 0 aliphatic carbocycles. The van der Waals surface area contributed by atoms with Crippen molar-refractivity contribution in [2.24, 2.45) is 4.99 Å². The summed E-state index contributed by atoms with van der Waals surface area (Å²) in [4.78, 5) is 7.00. The molecule has 2 aromatic rings. The molecule has 2 aromatic carbocycles. The van der Waals surface area contributed by atoms with Gasteiger partial charge in [-0.1, -0.05) is 24.3 Å². The van der Waals surface area contributed by atoms with Gasteiger partial charge >= 0.3 is 0 Å². The highest BCUT2D eigenvalue weighted by molar-refractivity contribution is 5.79. The fourth-order valence-corrected chi connectivity index (χ4v) is 3.03. The van der Waals surface area contributed by atoms with Crippen molar-refractivity contribution >= 4 is 5.96 Å². The predicted octanol–water partition coefficient (Wildman–Crippen LogP) is 3.10. The van der Waals surface area contributed by atoms with Crippen molar-refractivity contribution < 1.29 is 9.47 Å². The standard InChI is InChI=1S/C23H34N4O2/c1-6-24-23(25-16-15-18-7-11-20(28-4)12-8-18)26-17-22(27(2)3)19-9-13-21(29-5)14-10-19/h7-14,22H,6,15-17H2,1-5H3,(H2,24,25,26). The van der Waals surface area contributed by atoms with Crippen LogP contribution < -0.4 is 20.1 Å². The molecule has 0 aliphatic heterocycles. The fourth-order valence-electron chi connectivity index (χ4n) is 3.03. The Hall–Kier alpha value is -2.73. The lowest BCUT2D eigenvalue weighted by Crippen LogP contribution is -2.39. The molecule has 6 nitrogen and oxygen atoms in total. The molecular weight excluding hydrogens is 364 g/mol. The molecule has 0 heterocycles. The number of hydrogen-bond donors (Lipinski definition) is 2. The van der Waals surface area contributed by atoms with E-state index in [9.17, 15) is 0 Å². The lowest BCUT2D eigenvalue weighted by molar-refractivity contribution is 0.306. The molecule has 6 heteroatoms. The third-order valence-electron chi connectivity index (χ3n) is 4.76. The molecular formula is C23H34N4O2. The Morgan fingerprint density at radius 3 is 2.03 bits per heavy atom. The molecule has 0 aromatic heterocycles. The fraction of sp³-hybridized carbons (Fsp3) is 0.435. The number of ether oxygens (including phenoxy) is 2. The number of likely N-dealkylation sites (N-methyl/N-ethyl adjacent to an activating group) is 1. The second kappa shape index (κ2) is 12.0. The van der Waals surface area contributed by atoms with Gasteiger partial charge in [0.05, 0.1) is 26.8 Å². The maximum absolute atomic E-state index is 5.27. The van der Waals surface area contributed by atoms with E-state index < -0.39 is 0 Å². The molecule has 0 saturated heterocycles. The molecule has 0 radical (unpaired) electrons. The van der Waals surface area contributed by atoms with Crippen LogP contribution in [0.1, 0.15) is 24.1 Å². The zero-order valence-electron chi connectivity index (χ0n) is 18.2. The van der Waals surface area contributed by atoms with Crippen LogP contribution in [0.25, 0.3) is 0 Å². The Morgan fingerprint density at radius 1 is 0.931 bits per heavy atom. The highest BCUT2D eigenvalue weighted by Gasteiger charge is 2.14. The summed E-state index contributed by atoms with van der Waals surface area (Å²) in [5.41, 5.74) is 2.48. The second-order valence-electron chi connectivity index (χ2n) is 7.00. The topological polar surface area (TPSA) is 58.1 Å². The Bertz CT molecular complexity index is 742. The summed E-state index contributed by atoms with van der Waals surface area (Å²) in [5, 5.41) is 6.76. The molecule has 0 bridgehead atoms. The highest BCUT2D eigenvalue weighted by Crippen LogP contribution is 2.21. The molecule has 29 heavy (non-hydrogen) atoms. The minimum absolute atomic E-state index is 0.193. The largest absolute Gasteiger partial charge is 0.497 e. The summed E-state index contributed by atoms with van der Waals surface area (Å²) >= 11 is 0. The van der Waals surface area contributed by atoms with E-state index in [1.807, 2.05) is 24.3 Å². The van der Waals surface area contributed by atoms with Crippen LogP contribution in [0.4, 0.5) is 0 Å². The maximum Gasteiger partial charge on any atom is 0.191 e. The molecule has 0 amide bonds. The van der Waals surface area contributed by atoms with Crippen molar-refractivity contribution in [3.8, 4) is 11.5 Å². The van der Waals surface area contributed by atoms with Gasteiger partial charge in [0.25, 0.3) is 0 Å². The van der Waals surface area contributed by atoms with Crippen molar-refractivity contribution in [2.45, 2.75) is 19.4 Å². The Balaban J connectivity index is 1.97. The zero-order chi connectivity index (χ0) is 21.1. The van der Waals surface area contributed by atoms with Gasteiger partial charge in [0.1, 0.15) is 11.5 Å². The van der Waals surface area contributed by atoms with Crippen LogP contribution in [0.15, 0.2) is 53.5 Å². The molecule has 158 valence electrons. The molecule has 0 spiro atoms. The zero-order valence-corrected chi connectivity index (χ0v) is 18.2. The van der Waals surface area contributed by atoms with Crippen LogP contribution in [0, 0.1) is 0 Å². The lowest BCUT2D eigenvalue weighted by atomic mass is 10.1. The van der Waals surface area contributed by atoms with Gasteiger partial charge < -0.3 is 25.0 Å².